The SMILES string of the molecule is C=CC(C)CCCCN1CCN(c2ncc(Sc3ccc(C(N)=O)cc3)c(OCc3cccc(C=O)c3)n2)CC1. The van der Waals surface area contributed by atoms with Gasteiger partial charge in [-0.1, -0.05) is 49.4 Å². The number of unbranched alkanes of at least 4 members (excludes halogenated alkanes) is 1. The van der Waals surface area contributed by atoms with Gasteiger partial charge >= 0.3 is 0 Å². The lowest BCUT2D eigenvalue weighted by molar-refractivity contribution is 0.0999. The van der Waals surface area contributed by atoms with Gasteiger partial charge in [0.25, 0.3) is 0 Å². The molecule has 2 N–H and O–H groups in total. The van der Waals surface area contributed by atoms with Crippen LogP contribution in [0.25, 0.3) is 0 Å². The fourth-order valence-electron chi connectivity index (χ4n) is 4.49. The molecule has 0 bridgehead atoms. The van der Waals surface area contributed by atoms with E-state index < -0.39 is 5.91 Å². The van der Waals surface area contributed by atoms with Crippen molar-refractivity contribution >= 4 is 29.9 Å². The van der Waals surface area contributed by atoms with Gasteiger partial charge in [-0.3, -0.25) is 14.5 Å². The van der Waals surface area contributed by atoms with Gasteiger partial charge in [-0.2, -0.15) is 4.98 Å². The van der Waals surface area contributed by atoms with Crippen molar-refractivity contribution in [3.05, 3.63) is 84.1 Å². The second kappa shape index (κ2) is 14.6. The van der Waals surface area contributed by atoms with Crippen molar-refractivity contribution in [3.8, 4) is 5.88 Å². The predicted octanol–water partition coefficient (Wildman–Crippen LogP) is 5.23. The summed E-state index contributed by atoms with van der Waals surface area (Å²) in [6, 6.07) is 14.4. The van der Waals surface area contributed by atoms with Crippen LogP contribution in [0.2, 0.25) is 0 Å². The Kier molecular flexibility index (Phi) is 10.7. The molecule has 9 heteroatoms. The number of anilines is 1. The molecule has 0 aliphatic carbocycles. The first-order chi connectivity index (χ1) is 19.4. The number of ether oxygens (including phenoxy) is 1. The molecule has 210 valence electrons. The molecule has 0 saturated carbocycles. The quantitative estimate of drug-likeness (QED) is 0.163. The molecule has 40 heavy (non-hydrogen) atoms. The smallest absolute Gasteiger partial charge is 0.248 e. The lowest BCUT2D eigenvalue weighted by Gasteiger charge is -2.34. The number of nitrogens with zero attached hydrogens (tertiary/aromatic N) is 4. The van der Waals surface area contributed by atoms with E-state index in [1.807, 2.05) is 36.4 Å². The number of aldehydes is 1. The first kappa shape index (κ1) is 29.3. The van der Waals surface area contributed by atoms with Crippen molar-refractivity contribution in [2.75, 3.05) is 37.6 Å². The highest BCUT2D eigenvalue weighted by molar-refractivity contribution is 7.99. The van der Waals surface area contributed by atoms with Crippen molar-refractivity contribution in [2.45, 2.75) is 42.6 Å². The lowest BCUT2D eigenvalue weighted by Crippen LogP contribution is -2.47. The van der Waals surface area contributed by atoms with Crippen molar-refractivity contribution in [3.63, 3.8) is 0 Å². The van der Waals surface area contributed by atoms with Gasteiger partial charge in [-0.05, 0) is 61.2 Å². The summed E-state index contributed by atoms with van der Waals surface area (Å²) in [6.45, 7) is 11.1. The summed E-state index contributed by atoms with van der Waals surface area (Å²) < 4.78 is 6.20. The molecular formula is C31H37N5O3S. The topological polar surface area (TPSA) is 102 Å². The molecular weight excluding hydrogens is 522 g/mol. The molecule has 1 fully saturated rings. The zero-order valence-corrected chi connectivity index (χ0v) is 23.8. The van der Waals surface area contributed by atoms with Crippen molar-refractivity contribution in [2.24, 2.45) is 11.7 Å². The van der Waals surface area contributed by atoms with E-state index in [2.05, 4.69) is 28.3 Å². The fourth-order valence-corrected chi connectivity index (χ4v) is 5.31. The maximum Gasteiger partial charge on any atom is 0.248 e. The Balaban J connectivity index is 1.44. The van der Waals surface area contributed by atoms with E-state index in [-0.39, 0.29) is 6.61 Å². The van der Waals surface area contributed by atoms with Gasteiger partial charge in [0.2, 0.25) is 17.7 Å². The van der Waals surface area contributed by atoms with E-state index in [0.29, 0.717) is 28.9 Å². The maximum atomic E-state index is 11.4. The standard InChI is InChI=1S/C31H37N5O3S/c1-3-23(2)7-4-5-14-35-15-17-36(18-16-35)31-33-20-28(40-27-12-10-26(11-13-27)29(32)38)30(34-31)39-22-25-9-6-8-24(19-25)21-37/h3,6,8-13,19-21,23H,1,4-5,7,14-18,22H2,2H3,(H2,32,38). The lowest BCUT2D eigenvalue weighted by atomic mass is 10.0. The second-order valence-electron chi connectivity index (χ2n) is 10.0. The van der Waals surface area contributed by atoms with E-state index in [1.54, 1.807) is 24.4 Å². The molecule has 0 radical (unpaired) electrons. The van der Waals surface area contributed by atoms with Crippen LogP contribution in [0.15, 0.2) is 77.2 Å². The van der Waals surface area contributed by atoms with Crippen LogP contribution >= 0.6 is 11.8 Å². The van der Waals surface area contributed by atoms with Crippen LogP contribution in [0.3, 0.4) is 0 Å². The summed E-state index contributed by atoms with van der Waals surface area (Å²) in [5.41, 5.74) is 7.31. The Labute approximate surface area is 240 Å². The predicted molar refractivity (Wildman–Crippen MR) is 159 cm³/mol. The van der Waals surface area contributed by atoms with Crippen LogP contribution in [0, 0.1) is 5.92 Å². The molecule has 2 heterocycles. The normalized spacial score (nSPS) is 14.5. The van der Waals surface area contributed by atoms with E-state index >= 15 is 0 Å². The molecule has 8 nitrogen and oxygen atoms in total. The number of amides is 1. The van der Waals surface area contributed by atoms with Crippen LogP contribution in [0.1, 0.15) is 52.5 Å². The molecule has 1 atom stereocenters. The molecule has 1 saturated heterocycles. The van der Waals surface area contributed by atoms with Crippen LogP contribution < -0.4 is 15.4 Å². The number of carbonyl (C=O) groups excluding carboxylic acids is 2. The average molecular weight is 560 g/mol. The fraction of sp³-hybridized carbons (Fsp3) is 0.355. The number of rotatable bonds is 14. The number of carbonyl (C=O) groups is 2. The van der Waals surface area contributed by atoms with E-state index in [1.165, 1.54) is 31.0 Å². The minimum absolute atomic E-state index is 0.268. The first-order valence-corrected chi connectivity index (χ1v) is 14.5. The van der Waals surface area contributed by atoms with Crippen molar-refractivity contribution in [1.82, 2.24) is 14.9 Å². The molecule has 2 aromatic carbocycles. The monoisotopic (exact) mass is 559 g/mol. The molecule has 1 aliphatic rings. The van der Waals surface area contributed by atoms with Crippen molar-refractivity contribution in [1.29, 1.82) is 0 Å². The number of hydrogen-bond donors (Lipinski definition) is 1. The Bertz CT molecular complexity index is 1290. The molecule has 1 amide bonds. The number of allylic oxidation sites excluding steroid dienone is 1. The molecule has 1 aliphatic heterocycles. The van der Waals surface area contributed by atoms with E-state index in [9.17, 15) is 9.59 Å². The summed E-state index contributed by atoms with van der Waals surface area (Å²) in [6.07, 6.45) is 8.26. The summed E-state index contributed by atoms with van der Waals surface area (Å²) in [4.78, 5) is 38.5. The first-order valence-electron chi connectivity index (χ1n) is 13.7. The summed E-state index contributed by atoms with van der Waals surface area (Å²) >= 11 is 1.46. The highest BCUT2D eigenvalue weighted by Crippen LogP contribution is 2.35. The third-order valence-corrected chi connectivity index (χ3v) is 7.99. The Morgan fingerprint density at radius 2 is 1.93 bits per heavy atom. The van der Waals surface area contributed by atoms with Gasteiger partial charge in [-0.15, -0.1) is 6.58 Å². The van der Waals surface area contributed by atoms with Gasteiger partial charge in [0.05, 0.1) is 11.1 Å². The zero-order valence-electron chi connectivity index (χ0n) is 23.0. The number of benzene rings is 2. The number of aromatic nitrogens is 2. The Morgan fingerprint density at radius 3 is 2.62 bits per heavy atom. The Morgan fingerprint density at radius 1 is 1.15 bits per heavy atom. The summed E-state index contributed by atoms with van der Waals surface area (Å²) in [5, 5.41) is 0. The zero-order chi connectivity index (χ0) is 28.3. The van der Waals surface area contributed by atoms with Crippen LogP contribution in [-0.4, -0.2) is 59.8 Å². The molecule has 4 rings (SSSR count). The molecule has 0 spiro atoms. The van der Waals surface area contributed by atoms with E-state index in [0.717, 1.165) is 54.4 Å². The van der Waals surface area contributed by atoms with Crippen LogP contribution in [0.5, 0.6) is 5.88 Å². The highest BCUT2D eigenvalue weighted by Gasteiger charge is 2.21. The summed E-state index contributed by atoms with van der Waals surface area (Å²) in [5.74, 6) is 1.23. The third kappa shape index (κ3) is 8.40. The molecule has 1 unspecified atom stereocenters. The van der Waals surface area contributed by atoms with Gasteiger partial charge < -0.3 is 15.4 Å². The average Bonchev–Trinajstić information content (AvgIpc) is 2.99. The third-order valence-electron chi connectivity index (χ3n) is 6.98. The van der Waals surface area contributed by atoms with Gasteiger partial charge in [0.15, 0.2) is 0 Å². The minimum Gasteiger partial charge on any atom is -0.472 e. The van der Waals surface area contributed by atoms with E-state index in [4.69, 9.17) is 15.5 Å². The largest absolute Gasteiger partial charge is 0.472 e. The Hall–Kier alpha value is -3.69. The summed E-state index contributed by atoms with van der Waals surface area (Å²) in [7, 11) is 0. The minimum atomic E-state index is -0.465. The van der Waals surface area contributed by atoms with Crippen LogP contribution in [-0.2, 0) is 6.61 Å². The number of piperazine rings is 1. The molecule has 1 aromatic heterocycles. The van der Waals surface area contributed by atoms with Gasteiger partial charge in [-0.25, -0.2) is 4.98 Å². The van der Waals surface area contributed by atoms with Crippen LogP contribution in [0.4, 0.5) is 5.95 Å². The number of hydrogen-bond acceptors (Lipinski definition) is 8. The number of nitrogens with two attached hydrogens (primary N) is 1. The second-order valence-corrected chi connectivity index (χ2v) is 11.1. The highest BCUT2D eigenvalue weighted by atomic mass is 32.2. The molecule has 3 aromatic rings. The van der Waals surface area contributed by atoms with Gasteiger partial charge in [0.1, 0.15) is 12.9 Å². The van der Waals surface area contributed by atoms with Crippen molar-refractivity contribution < 1.29 is 14.3 Å². The number of primary amides is 1. The maximum absolute atomic E-state index is 11.4. The van der Waals surface area contributed by atoms with Gasteiger partial charge in [0, 0.05) is 42.2 Å².